The second kappa shape index (κ2) is 4.85. The van der Waals surface area contributed by atoms with Gasteiger partial charge in [0.1, 0.15) is 0 Å². The van der Waals surface area contributed by atoms with Crippen LogP contribution in [0.4, 0.5) is 48.3 Å². The van der Waals surface area contributed by atoms with Crippen molar-refractivity contribution in [1.82, 2.24) is 0 Å². The van der Waals surface area contributed by atoms with Crippen molar-refractivity contribution in [2.24, 2.45) is 0 Å². The first kappa shape index (κ1) is 18.2. The highest BCUT2D eigenvalue weighted by molar-refractivity contribution is 5.06. The van der Waals surface area contributed by atoms with Crippen LogP contribution in [0.25, 0.3) is 0 Å². The summed E-state index contributed by atoms with van der Waals surface area (Å²) in [4.78, 5) is 0. The average molecular weight is 340 g/mol. The van der Waals surface area contributed by atoms with Crippen LogP contribution in [0.3, 0.4) is 0 Å². The molecular weight excluding hydrogens is 333 g/mol. The zero-order valence-electron chi connectivity index (χ0n) is 9.76. The number of hydrogen-bond acceptors (Lipinski definition) is 1. The Labute approximate surface area is 110 Å². The molecule has 1 rings (SSSR count). The molecule has 1 unspecified atom stereocenters. The molecule has 1 saturated heterocycles. The van der Waals surface area contributed by atoms with Gasteiger partial charge in [-0.2, -0.15) is 48.3 Å². The van der Waals surface area contributed by atoms with Crippen molar-refractivity contribution >= 4 is 0 Å². The lowest BCUT2D eigenvalue weighted by Gasteiger charge is -2.37. The predicted octanol–water partition coefficient (Wildman–Crippen LogP) is 4.27. The highest BCUT2D eigenvalue weighted by atomic mass is 19.4. The first-order valence-corrected chi connectivity index (χ1v) is 5.27. The number of rotatable bonds is 6. The van der Waals surface area contributed by atoms with Crippen LogP contribution in [0.5, 0.6) is 0 Å². The maximum atomic E-state index is 13.0. The van der Waals surface area contributed by atoms with Crippen molar-refractivity contribution in [2.75, 3.05) is 6.61 Å². The fourth-order valence-electron chi connectivity index (χ4n) is 1.34. The van der Waals surface area contributed by atoms with E-state index in [1.807, 2.05) is 0 Å². The molecule has 0 amide bonds. The van der Waals surface area contributed by atoms with E-state index in [2.05, 4.69) is 4.74 Å². The van der Waals surface area contributed by atoms with Crippen LogP contribution < -0.4 is 0 Å². The number of ether oxygens (including phenoxy) is 1. The van der Waals surface area contributed by atoms with Gasteiger partial charge in [-0.25, -0.2) is 0 Å². The molecule has 1 heterocycles. The smallest absolute Gasteiger partial charge is 0.373 e. The van der Waals surface area contributed by atoms with Crippen molar-refractivity contribution in [3.8, 4) is 0 Å². The van der Waals surface area contributed by atoms with Gasteiger partial charge < -0.3 is 4.74 Å². The summed E-state index contributed by atoms with van der Waals surface area (Å²) in [6.07, 6.45) is -10.9. The van der Waals surface area contributed by atoms with E-state index in [9.17, 15) is 48.3 Å². The Bertz CT molecular complexity index is 382. The molecule has 0 saturated carbocycles. The third kappa shape index (κ3) is 2.90. The predicted molar refractivity (Wildman–Crippen MR) is 44.8 cm³/mol. The fraction of sp³-hybridized carbons (Fsp3) is 1.00. The van der Waals surface area contributed by atoms with Crippen LogP contribution in [0.1, 0.15) is 12.8 Å². The van der Waals surface area contributed by atoms with Crippen LogP contribution in [0.15, 0.2) is 0 Å². The number of alkyl halides is 11. The molecule has 0 aromatic rings. The maximum Gasteiger partial charge on any atom is 0.460 e. The van der Waals surface area contributed by atoms with Gasteiger partial charge in [-0.1, -0.05) is 0 Å². The summed E-state index contributed by atoms with van der Waals surface area (Å²) < 4.78 is 142. The molecule has 0 N–H and O–H groups in total. The normalized spacial score (nSPS) is 21.6. The first-order chi connectivity index (χ1) is 9.08. The molecule has 1 aliphatic heterocycles. The van der Waals surface area contributed by atoms with E-state index < -0.39 is 48.8 Å². The standard InChI is InChI=1S/C9H7F11O/c10-5(11,2-1-4-3-21-4)6(12,13)7(14,15)8(16,17)9(18,19)20/h4H,1-3H2. The van der Waals surface area contributed by atoms with Crippen molar-refractivity contribution < 1.29 is 53.0 Å². The summed E-state index contributed by atoms with van der Waals surface area (Å²) in [5.41, 5.74) is 0. The summed E-state index contributed by atoms with van der Waals surface area (Å²) in [6, 6.07) is 0. The molecule has 12 heteroatoms. The Balaban J connectivity index is 3.06. The minimum absolute atomic E-state index is 0.114. The molecule has 0 aliphatic carbocycles. The molecule has 0 aromatic heterocycles. The van der Waals surface area contributed by atoms with Crippen LogP contribution in [-0.2, 0) is 4.74 Å². The van der Waals surface area contributed by atoms with Gasteiger partial charge in [0, 0.05) is 6.42 Å². The third-order valence-electron chi connectivity index (χ3n) is 2.79. The van der Waals surface area contributed by atoms with E-state index >= 15 is 0 Å². The van der Waals surface area contributed by atoms with E-state index in [1.54, 1.807) is 0 Å². The van der Waals surface area contributed by atoms with Gasteiger partial charge >= 0.3 is 29.9 Å². The second-order valence-corrected chi connectivity index (χ2v) is 4.42. The third-order valence-corrected chi connectivity index (χ3v) is 2.79. The zero-order chi connectivity index (χ0) is 16.9. The van der Waals surface area contributed by atoms with Crippen molar-refractivity contribution in [3.63, 3.8) is 0 Å². The van der Waals surface area contributed by atoms with Crippen molar-refractivity contribution in [2.45, 2.75) is 48.8 Å². The molecule has 0 bridgehead atoms. The van der Waals surface area contributed by atoms with E-state index in [0.717, 1.165) is 0 Å². The lowest BCUT2D eigenvalue weighted by molar-refractivity contribution is -0.422. The summed E-state index contributed by atoms with van der Waals surface area (Å²) in [7, 11) is 0. The Morgan fingerprint density at radius 1 is 0.714 bits per heavy atom. The van der Waals surface area contributed by atoms with E-state index in [-0.39, 0.29) is 6.61 Å². The molecule has 1 nitrogen and oxygen atoms in total. The zero-order valence-corrected chi connectivity index (χ0v) is 9.76. The van der Waals surface area contributed by atoms with Crippen LogP contribution in [0, 0.1) is 0 Å². The topological polar surface area (TPSA) is 12.5 Å². The summed E-state index contributed by atoms with van der Waals surface area (Å²) in [5, 5.41) is 0. The largest absolute Gasteiger partial charge is 0.460 e. The minimum Gasteiger partial charge on any atom is -0.373 e. The first-order valence-electron chi connectivity index (χ1n) is 5.27. The molecule has 1 atom stereocenters. The summed E-state index contributed by atoms with van der Waals surface area (Å²) in [6.45, 7) is -0.114. The lowest BCUT2D eigenvalue weighted by atomic mass is 9.95. The average Bonchev–Trinajstić information content (AvgIpc) is 3.07. The molecule has 21 heavy (non-hydrogen) atoms. The van der Waals surface area contributed by atoms with Gasteiger partial charge in [-0.15, -0.1) is 0 Å². The highest BCUT2D eigenvalue weighted by Crippen LogP contribution is 2.58. The summed E-state index contributed by atoms with van der Waals surface area (Å²) >= 11 is 0. The van der Waals surface area contributed by atoms with E-state index in [0.29, 0.717) is 0 Å². The molecule has 1 fully saturated rings. The van der Waals surface area contributed by atoms with Gasteiger partial charge in [-0.05, 0) is 6.42 Å². The fourth-order valence-corrected chi connectivity index (χ4v) is 1.34. The van der Waals surface area contributed by atoms with Crippen LogP contribution >= 0.6 is 0 Å². The number of epoxide rings is 1. The highest BCUT2D eigenvalue weighted by Gasteiger charge is 2.86. The van der Waals surface area contributed by atoms with Gasteiger partial charge in [-0.3, -0.25) is 0 Å². The Morgan fingerprint density at radius 2 is 1.14 bits per heavy atom. The van der Waals surface area contributed by atoms with Gasteiger partial charge in [0.15, 0.2) is 0 Å². The number of hydrogen-bond donors (Lipinski definition) is 0. The summed E-state index contributed by atoms with van der Waals surface area (Å²) in [5.74, 6) is -27.3. The molecule has 0 radical (unpaired) electrons. The number of halogens is 11. The second-order valence-electron chi connectivity index (χ2n) is 4.42. The van der Waals surface area contributed by atoms with Crippen LogP contribution in [0.2, 0.25) is 0 Å². The molecule has 1 aliphatic rings. The molecular formula is C9H7F11O. The minimum atomic E-state index is -7.32. The SMILES string of the molecule is FC(F)(F)C(F)(F)C(F)(F)C(F)(F)C(F)(F)CCC1CO1. The Kier molecular flexibility index (Phi) is 4.21. The van der Waals surface area contributed by atoms with Gasteiger partial charge in [0.25, 0.3) is 0 Å². The van der Waals surface area contributed by atoms with Crippen LogP contribution in [-0.4, -0.2) is 42.6 Å². The molecule has 0 spiro atoms. The Hall–Kier alpha value is -0.810. The molecule has 0 aromatic carbocycles. The van der Waals surface area contributed by atoms with Crippen molar-refractivity contribution in [3.05, 3.63) is 0 Å². The Morgan fingerprint density at radius 3 is 1.48 bits per heavy atom. The van der Waals surface area contributed by atoms with E-state index in [4.69, 9.17) is 0 Å². The lowest BCUT2D eigenvalue weighted by Crippen LogP contribution is -2.66. The van der Waals surface area contributed by atoms with Gasteiger partial charge in [0.05, 0.1) is 12.7 Å². The van der Waals surface area contributed by atoms with E-state index in [1.165, 1.54) is 0 Å². The van der Waals surface area contributed by atoms with Crippen molar-refractivity contribution in [1.29, 1.82) is 0 Å². The maximum absolute atomic E-state index is 13.0. The monoisotopic (exact) mass is 340 g/mol. The quantitative estimate of drug-likeness (QED) is 0.520. The molecule has 126 valence electrons. The van der Waals surface area contributed by atoms with Gasteiger partial charge in [0.2, 0.25) is 0 Å².